The van der Waals surface area contributed by atoms with Gasteiger partial charge in [-0.25, -0.2) is 10.9 Å². The number of nitrogens with two attached hydrogens (primary N) is 1. The lowest BCUT2D eigenvalue weighted by Crippen LogP contribution is -2.39. The first-order valence-corrected chi connectivity index (χ1v) is 4.48. The van der Waals surface area contributed by atoms with Gasteiger partial charge in [-0.2, -0.15) is 0 Å². The fourth-order valence-corrected chi connectivity index (χ4v) is 2.74. The molecule has 2 bridgehead atoms. The molecule has 3 aliphatic heterocycles. The summed E-state index contributed by atoms with van der Waals surface area (Å²) in [5.41, 5.74) is 0. The summed E-state index contributed by atoms with van der Waals surface area (Å²) in [6.45, 7) is 0. The molecule has 2 N–H and O–H groups in total. The third kappa shape index (κ3) is 0.698. The zero-order valence-electron chi connectivity index (χ0n) is 6.97. The predicted octanol–water partition coefficient (Wildman–Crippen LogP) is -0.978. The SMILES string of the molecule is NN1C(=O)C2C3CCC(O3)C2C1=O. The van der Waals surface area contributed by atoms with Crippen LogP contribution in [0.1, 0.15) is 12.8 Å². The summed E-state index contributed by atoms with van der Waals surface area (Å²) in [7, 11) is 0. The Bertz CT molecular complexity index is 276. The van der Waals surface area contributed by atoms with E-state index in [4.69, 9.17) is 10.6 Å². The van der Waals surface area contributed by atoms with E-state index in [1.54, 1.807) is 0 Å². The normalized spacial score (nSPS) is 47.6. The quantitative estimate of drug-likeness (QED) is 0.297. The van der Waals surface area contributed by atoms with E-state index in [1.165, 1.54) is 0 Å². The molecule has 3 aliphatic rings. The van der Waals surface area contributed by atoms with Crippen LogP contribution in [0.2, 0.25) is 0 Å². The van der Waals surface area contributed by atoms with Gasteiger partial charge in [0.25, 0.3) is 0 Å². The van der Waals surface area contributed by atoms with Gasteiger partial charge in [-0.05, 0) is 12.8 Å². The van der Waals surface area contributed by atoms with Crippen LogP contribution in [0.3, 0.4) is 0 Å². The fourth-order valence-electron chi connectivity index (χ4n) is 2.74. The van der Waals surface area contributed by atoms with Crippen molar-refractivity contribution in [1.29, 1.82) is 0 Å². The minimum Gasteiger partial charge on any atom is -0.373 e. The maximum absolute atomic E-state index is 11.5. The second-order valence-corrected chi connectivity index (χ2v) is 3.89. The molecule has 0 aromatic carbocycles. The Morgan fingerprint density at radius 3 is 2.08 bits per heavy atom. The summed E-state index contributed by atoms with van der Waals surface area (Å²) in [6.07, 6.45) is 1.66. The van der Waals surface area contributed by atoms with E-state index < -0.39 is 0 Å². The molecule has 13 heavy (non-hydrogen) atoms. The number of carbonyl (C=O) groups excluding carboxylic acids is 2. The molecule has 0 saturated carbocycles. The Balaban J connectivity index is 2.03. The van der Waals surface area contributed by atoms with Crippen LogP contribution in [0.25, 0.3) is 0 Å². The number of imide groups is 1. The van der Waals surface area contributed by atoms with E-state index in [2.05, 4.69) is 0 Å². The lowest BCUT2D eigenvalue weighted by Gasteiger charge is -2.14. The van der Waals surface area contributed by atoms with Crippen molar-refractivity contribution in [2.24, 2.45) is 17.7 Å². The maximum Gasteiger partial charge on any atom is 0.250 e. The van der Waals surface area contributed by atoms with Gasteiger partial charge in [0.1, 0.15) is 0 Å². The molecule has 0 radical (unpaired) electrons. The molecule has 3 rings (SSSR count). The predicted molar refractivity (Wildman–Crippen MR) is 40.9 cm³/mol. The van der Waals surface area contributed by atoms with E-state index in [1.807, 2.05) is 0 Å². The molecular formula is C8H10N2O3. The van der Waals surface area contributed by atoms with Crippen LogP contribution >= 0.6 is 0 Å². The summed E-state index contributed by atoms with van der Waals surface area (Å²) < 4.78 is 5.50. The number of hydrazine groups is 1. The second kappa shape index (κ2) is 2.10. The van der Waals surface area contributed by atoms with E-state index in [0.29, 0.717) is 0 Å². The Hall–Kier alpha value is -0.940. The van der Waals surface area contributed by atoms with Crippen LogP contribution in [-0.4, -0.2) is 29.0 Å². The van der Waals surface area contributed by atoms with Gasteiger partial charge in [-0.1, -0.05) is 0 Å². The van der Waals surface area contributed by atoms with Crippen LogP contribution < -0.4 is 5.84 Å². The molecule has 0 aromatic rings. The van der Waals surface area contributed by atoms with Gasteiger partial charge in [0, 0.05) is 0 Å². The Morgan fingerprint density at radius 1 is 1.15 bits per heavy atom. The number of ether oxygens (including phenoxy) is 1. The first-order chi connectivity index (χ1) is 6.20. The topological polar surface area (TPSA) is 72.6 Å². The summed E-state index contributed by atoms with van der Waals surface area (Å²) in [4.78, 5) is 23.0. The number of rotatable bonds is 0. The van der Waals surface area contributed by atoms with Crippen LogP contribution in [-0.2, 0) is 14.3 Å². The third-order valence-electron chi connectivity index (χ3n) is 3.32. The largest absolute Gasteiger partial charge is 0.373 e. The first-order valence-electron chi connectivity index (χ1n) is 4.48. The van der Waals surface area contributed by atoms with Crippen LogP contribution in [0.15, 0.2) is 0 Å². The highest BCUT2D eigenvalue weighted by molar-refractivity contribution is 6.05. The van der Waals surface area contributed by atoms with Gasteiger partial charge in [-0.3, -0.25) is 9.59 Å². The van der Waals surface area contributed by atoms with E-state index >= 15 is 0 Å². The molecule has 4 unspecified atom stereocenters. The van der Waals surface area contributed by atoms with Crippen molar-refractivity contribution in [1.82, 2.24) is 5.01 Å². The number of hydrogen-bond acceptors (Lipinski definition) is 4. The fraction of sp³-hybridized carbons (Fsp3) is 0.750. The molecule has 5 nitrogen and oxygen atoms in total. The van der Waals surface area contributed by atoms with Crippen molar-refractivity contribution in [2.45, 2.75) is 25.0 Å². The average molecular weight is 182 g/mol. The third-order valence-corrected chi connectivity index (χ3v) is 3.32. The van der Waals surface area contributed by atoms with E-state index in [0.717, 1.165) is 17.9 Å². The summed E-state index contributed by atoms with van der Waals surface area (Å²) in [5.74, 6) is 4.26. The molecular weight excluding hydrogens is 172 g/mol. The summed E-state index contributed by atoms with van der Waals surface area (Å²) in [5, 5.41) is 0.767. The van der Waals surface area contributed by atoms with Crippen molar-refractivity contribution in [3.8, 4) is 0 Å². The Morgan fingerprint density at radius 2 is 1.62 bits per heavy atom. The standard InChI is InChI=1S/C8H10N2O3/c9-10-7(11)5-3-1-2-4(13-3)6(5)8(10)12/h3-6H,1-2,9H2. The van der Waals surface area contributed by atoms with Crippen molar-refractivity contribution in [2.75, 3.05) is 0 Å². The molecule has 3 fully saturated rings. The van der Waals surface area contributed by atoms with E-state index in [-0.39, 0.29) is 35.9 Å². The number of carbonyl (C=O) groups is 2. The van der Waals surface area contributed by atoms with Gasteiger partial charge in [-0.15, -0.1) is 0 Å². The van der Waals surface area contributed by atoms with Gasteiger partial charge in [0.05, 0.1) is 24.0 Å². The first kappa shape index (κ1) is 7.46. The molecule has 4 atom stereocenters. The number of fused-ring (bicyclic) bond motifs is 5. The molecule has 70 valence electrons. The minimum atomic E-state index is -0.281. The van der Waals surface area contributed by atoms with Crippen LogP contribution in [0, 0.1) is 11.8 Å². The summed E-state index contributed by atoms with van der Waals surface area (Å²) in [6, 6.07) is 0. The van der Waals surface area contributed by atoms with Crippen molar-refractivity contribution >= 4 is 11.8 Å². The zero-order valence-corrected chi connectivity index (χ0v) is 6.97. The Kier molecular flexibility index (Phi) is 1.21. The molecule has 0 aliphatic carbocycles. The van der Waals surface area contributed by atoms with Crippen molar-refractivity contribution in [3.63, 3.8) is 0 Å². The smallest absolute Gasteiger partial charge is 0.250 e. The number of hydrogen-bond donors (Lipinski definition) is 1. The second-order valence-electron chi connectivity index (χ2n) is 3.89. The molecule has 3 heterocycles. The van der Waals surface area contributed by atoms with Gasteiger partial charge in [0.15, 0.2) is 0 Å². The number of amides is 2. The average Bonchev–Trinajstić information content (AvgIpc) is 2.76. The highest BCUT2D eigenvalue weighted by atomic mass is 16.5. The monoisotopic (exact) mass is 182 g/mol. The lowest BCUT2D eigenvalue weighted by atomic mass is 9.81. The molecule has 0 spiro atoms. The molecule has 5 heteroatoms. The van der Waals surface area contributed by atoms with Crippen molar-refractivity contribution in [3.05, 3.63) is 0 Å². The van der Waals surface area contributed by atoms with Crippen LogP contribution in [0.5, 0.6) is 0 Å². The highest BCUT2D eigenvalue weighted by Crippen LogP contribution is 2.47. The zero-order chi connectivity index (χ0) is 9.16. The molecule has 2 amide bonds. The highest BCUT2D eigenvalue weighted by Gasteiger charge is 2.61. The van der Waals surface area contributed by atoms with Gasteiger partial charge >= 0.3 is 0 Å². The Labute approximate surface area is 74.8 Å². The van der Waals surface area contributed by atoms with Crippen molar-refractivity contribution < 1.29 is 14.3 Å². The van der Waals surface area contributed by atoms with Crippen LogP contribution in [0.4, 0.5) is 0 Å². The number of nitrogens with zero attached hydrogens (tertiary/aromatic N) is 1. The maximum atomic E-state index is 11.5. The minimum absolute atomic E-state index is 0.0556. The molecule has 0 aromatic heterocycles. The van der Waals surface area contributed by atoms with Gasteiger partial charge < -0.3 is 4.74 Å². The lowest BCUT2D eigenvalue weighted by molar-refractivity contribution is -0.142. The summed E-state index contributed by atoms with van der Waals surface area (Å²) >= 11 is 0. The molecule has 3 saturated heterocycles. The van der Waals surface area contributed by atoms with Gasteiger partial charge in [0.2, 0.25) is 11.8 Å². The van der Waals surface area contributed by atoms with E-state index in [9.17, 15) is 9.59 Å².